The second-order valence-electron chi connectivity index (χ2n) is 3.62. The lowest BCUT2D eigenvalue weighted by molar-refractivity contribution is -0.124. The normalized spacial score (nSPS) is 12.2. The quantitative estimate of drug-likeness (QED) is 0.820. The van der Waals surface area contributed by atoms with Crippen LogP contribution in [0.1, 0.15) is 24.5 Å². The Bertz CT molecular complexity index is 361. The van der Waals surface area contributed by atoms with Crippen molar-refractivity contribution in [1.29, 1.82) is 0 Å². The molecular weight excluding hydrogens is 190 g/mol. The van der Waals surface area contributed by atoms with E-state index in [9.17, 15) is 4.79 Å². The van der Waals surface area contributed by atoms with Gasteiger partial charge in [-0.3, -0.25) is 4.79 Å². The van der Waals surface area contributed by atoms with Crippen molar-refractivity contribution in [3.63, 3.8) is 0 Å². The molecule has 3 nitrogen and oxygen atoms in total. The van der Waals surface area contributed by atoms with Gasteiger partial charge in [-0.15, -0.1) is 0 Å². The molecule has 15 heavy (non-hydrogen) atoms. The third kappa shape index (κ3) is 2.72. The van der Waals surface area contributed by atoms with Crippen LogP contribution >= 0.6 is 0 Å². The van der Waals surface area contributed by atoms with Crippen LogP contribution in [-0.2, 0) is 4.79 Å². The molecule has 0 aliphatic carbocycles. The second kappa shape index (κ2) is 4.82. The Hall–Kier alpha value is -1.51. The number of rotatable bonds is 4. The van der Waals surface area contributed by atoms with E-state index in [0.29, 0.717) is 6.42 Å². The van der Waals surface area contributed by atoms with Crippen molar-refractivity contribution < 1.29 is 9.53 Å². The van der Waals surface area contributed by atoms with Crippen molar-refractivity contribution in [3.8, 4) is 5.75 Å². The molecule has 82 valence electrons. The molecule has 1 rings (SSSR count). The van der Waals surface area contributed by atoms with Crippen LogP contribution in [0.5, 0.6) is 5.75 Å². The lowest BCUT2D eigenvalue weighted by Gasteiger charge is -2.16. The lowest BCUT2D eigenvalue weighted by atomic mass is 10.1. The molecule has 0 saturated heterocycles. The highest BCUT2D eigenvalue weighted by molar-refractivity contribution is 5.79. The molecule has 1 atom stereocenters. The maximum Gasteiger partial charge on any atom is 0.258 e. The zero-order valence-corrected chi connectivity index (χ0v) is 9.41. The fourth-order valence-corrected chi connectivity index (χ4v) is 1.35. The first kappa shape index (κ1) is 11.6. The van der Waals surface area contributed by atoms with Crippen molar-refractivity contribution in [2.75, 3.05) is 0 Å². The summed E-state index contributed by atoms with van der Waals surface area (Å²) in [6.07, 6.45) is 0.0495. The number of hydrogen-bond donors (Lipinski definition) is 1. The van der Waals surface area contributed by atoms with E-state index >= 15 is 0 Å². The molecule has 0 bridgehead atoms. The van der Waals surface area contributed by atoms with Gasteiger partial charge in [-0.25, -0.2) is 0 Å². The largest absolute Gasteiger partial charge is 0.480 e. The predicted molar refractivity (Wildman–Crippen MR) is 59.8 cm³/mol. The van der Waals surface area contributed by atoms with Gasteiger partial charge < -0.3 is 10.5 Å². The minimum atomic E-state index is -0.537. The first-order valence-corrected chi connectivity index (χ1v) is 5.08. The Kier molecular flexibility index (Phi) is 3.72. The van der Waals surface area contributed by atoms with E-state index < -0.39 is 12.0 Å². The van der Waals surface area contributed by atoms with Gasteiger partial charge in [0, 0.05) is 0 Å². The Balaban J connectivity index is 2.88. The Morgan fingerprint density at radius 3 is 2.67 bits per heavy atom. The topological polar surface area (TPSA) is 52.3 Å². The minimum Gasteiger partial charge on any atom is -0.480 e. The molecule has 0 aliphatic rings. The van der Waals surface area contributed by atoms with Crippen LogP contribution in [0.2, 0.25) is 0 Å². The lowest BCUT2D eigenvalue weighted by Crippen LogP contribution is -2.33. The third-order valence-corrected chi connectivity index (χ3v) is 2.51. The molecule has 0 radical (unpaired) electrons. The molecule has 0 saturated carbocycles. The van der Waals surface area contributed by atoms with Gasteiger partial charge in [0.25, 0.3) is 5.91 Å². The fraction of sp³-hybridized carbons (Fsp3) is 0.417. The number of carbonyl (C=O) groups is 1. The molecular formula is C12H17NO2. The third-order valence-electron chi connectivity index (χ3n) is 2.51. The standard InChI is InChI=1S/C12H17NO2/c1-4-10(12(13)14)15-11-7-5-6-8(2)9(11)3/h5-7,10H,4H2,1-3H3,(H2,13,14). The Labute approximate surface area is 90.2 Å². The molecule has 2 N–H and O–H groups in total. The van der Waals surface area contributed by atoms with Crippen molar-refractivity contribution in [2.45, 2.75) is 33.3 Å². The van der Waals surface area contributed by atoms with Gasteiger partial charge in [-0.1, -0.05) is 19.1 Å². The highest BCUT2D eigenvalue weighted by Gasteiger charge is 2.15. The van der Waals surface area contributed by atoms with Crippen molar-refractivity contribution in [1.82, 2.24) is 0 Å². The average molecular weight is 207 g/mol. The zero-order chi connectivity index (χ0) is 11.4. The van der Waals surface area contributed by atoms with E-state index in [0.717, 1.165) is 16.9 Å². The number of primary amides is 1. The van der Waals surface area contributed by atoms with E-state index in [1.807, 2.05) is 39.0 Å². The van der Waals surface area contributed by atoms with Crippen molar-refractivity contribution >= 4 is 5.91 Å². The van der Waals surface area contributed by atoms with Crippen LogP contribution in [-0.4, -0.2) is 12.0 Å². The average Bonchev–Trinajstić information content (AvgIpc) is 2.19. The smallest absolute Gasteiger partial charge is 0.258 e. The molecule has 1 amide bonds. The van der Waals surface area contributed by atoms with Crippen LogP contribution in [0.25, 0.3) is 0 Å². The Morgan fingerprint density at radius 1 is 1.47 bits per heavy atom. The number of ether oxygens (including phenoxy) is 1. The summed E-state index contributed by atoms with van der Waals surface area (Å²) in [7, 11) is 0. The van der Waals surface area contributed by atoms with Crippen LogP contribution < -0.4 is 10.5 Å². The summed E-state index contributed by atoms with van der Waals surface area (Å²) >= 11 is 0. The van der Waals surface area contributed by atoms with Crippen LogP contribution in [0.3, 0.4) is 0 Å². The second-order valence-corrected chi connectivity index (χ2v) is 3.62. The summed E-state index contributed by atoms with van der Waals surface area (Å²) < 4.78 is 5.56. The molecule has 3 heteroatoms. The SMILES string of the molecule is CCC(Oc1cccc(C)c1C)C(N)=O. The number of benzene rings is 1. The van der Waals surface area contributed by atoms with E-state index in [4.69, 9.17) is 10.5 Å². The molecule has 0 spiro atoms. The maximum absolute atomic E-state index is 11.0. The van der Waals surface area contributed by atoms with Gasteiger partial charge >= 0.3 is 0 Å². The first-order chi connectivity index (χ1) is 7.06. The van der Waals surface area contributed by atoms with Gasteiger partial charge in [0.15, 0.2) is 6.10 Å². The summed E-state index contributed by atoms with van der Waals surface area (Å²) in [5, 5.41) is 0. The van der Waals surface area contributed by atoms with E-state index in [1.54, 1.807) is 0 Å². The van der Waals surface area contributed by atoms with Gasteiger partial charge in [0.05, 0.1) is 0 Å². The van der Waals surface area contributed by atoms with Crippen molar-refractivity contribution in [3.05, 3.63) is 29.3 Å². The van der Waals surface area contributed by atoms with Crippen LogP contribution in [0.4, 0.5) is 0 Å². The summed E-state index contributed by atoms with van der Waals surface area (Å²) in [6.45, 7) is 5.85. The zero-order valence-electron chi connectivity index (χ0n) is 9.41. The van der Waals surface area contributed by atoms with E-state index in [2.05, 4.69) is 0 Å². The number of carbonyl (C=O) groups excluding carboxylic acids is 1. The summed E-state index contributed by atoms with van der Waals surface area (Å²) in [4.78, 5) is 11.0. The molecule has 1 aromatic carbocycles. The first-order valence-electron chi connectivity index (χ1n) is 5.08. The summed E-state index contributed by atoms with van der Waals surface area (Å²) in [6, 6.07) is 5.77. The number of amides is 1. The Morgan fingerprint density at radius 2 is 2.13 bits per heavy atom. The number of nitrogens with two attached hydrogens (primary N) is 1. The molecule has 0 aromatic heterocycles. The number of aryl methyl sites for hydroxylation is 1. The van der Waals surface area contributed by atoms with Gasteiger partial charge in [0.1, 0.15) is 5.75 Å². The molecule has 0 heterocycles. The molecule has 1 aromatic rings. The summed E-state index contributed by atoms with van der Waals surface area (Å²) in [5.74, 6) is 0.319. The van der Waals surface area contributed by atoms with Gasteiger partial charge in [-0.05, 0) is 37.5 Å². The monoisotopic (exact) mass is 207 g/mol. The maximum atomic E-state index is 11.0. The van der Waals surface area contributed by atoms with Gasteiger partial charge in [0.2, 0.25) is 0 Å². The van der Waals surface area contributed by atoms with Crippen LogP contribution in [0.15, 0.2) is 18.2 Å². The van der Waals surface area contributed by atoms with E-state index in [1.165, 1.54) is 0 Å². The van der Waals surface area contributed by atoms with E-state index in [-0.39, 0.29) is 0 Å². The highest BCUT2D eigenvalue weighted by Crippen LogP contribution is 2.22. The van der Waals surface area contributed by atoms with Gasteiger partial charge in [-0.2, -0.15) is 0 Å². The predicted octanol–water partition coefficient (Wildman–Crippen LogP) is 1.95. The summed E-state index contributed by atoms with van der Waals surface area (Å²) in [5.41, 5.74) is 7.42. The fourth-order valence-electron chi connectivity index (χ4n) is 1.35. The molecule has 1 unspecified atom stereocenters. The minimum absolute atomic E-state index is 0.418. The van der Waals surface area contributed by atoms with Crippen molar-refractivity contribution in [2.24, 2.45) is 5.73 Å². The van der Waals surface area contributed by atoms with Crippen LogP contribution in [0, 0.1) is 13.8 Å². The highest BCUT2D eigenvalue weighted by atomic mass is 16.5. The number of hydrogen-bond acceptors (Lipinski definition) is 2. The molecule has 0 fully saturated rings. The molecule has 0 aliphatic heterocycles.